The third kappa shape index (κ3) is 5.01. The van der Waals surface area contributed by atoms with E-state index in [0.717, 1.165) is 16.8 Å². The van der Waals surface area contributed by atoms with E-state index < -0.39 is 0 Å². The smallest absolute Gasteiger partial charge is 0.180 e. The summed E-state index contributed by atoms with van der Waals surface area (Å²) in [6, 6.07) is 18.8. The number of anilines is 1. The van der Waals surface area contributed by atoms with Crippen LogP contribution in [0.1, 0.15) is 11.1 Å². The summed E-state index contributed by atoms with van der Waals surface area (Å²) in [6.45, 7) is 0.845. The fourth-order valence-electron chi connectivity index (χ4n) is 2.58. The number of hydrogen-bond acceptors (Lipinski definition) is 3. The first-order chi connectivity index (χ1) is 13.1. The number of nitrogens with one attached hydrogen (secondary N) is 1. The molecule has 3 aromatic carbocycles. The van der Waals surface area contributed by atoms with Crippen molar-refractivity contribution in [1.29, 1.82) is 0 Å². The monoisotopic (exact) mass is 421 g/mol. The topological polar surface area (TPSA) is 30.5 Å². The summed E-state index contributed by atoms with van der Waals surface area (Å²) in [4.78, 5) is 0. The molecule has 6 heteroatoms. The molecule has 0 bridgehead atoms. The van der Waals surface area contributed by atoms with Gasteiger partial charge >= 0.3 is 0 Å². The van der Waals surface area contributed by atoms with Crippen LogP contribution >= 0.6 is 34.8 Å². The van der Waals surface area contributed by atoms with Crippen LogP contribution in [0.3, 0.4) is 0 Å². The average Bonchev–Trinajstić information content (AvgIpc) is 2.67. The Morgan fingerprint density at radius 1 is 0.852 bits per heavy atom. The van der Waals surface area contributed by atoms with Gasteiger partial charge < -0.3 is 14.8 Å². The van der Waals surface area contributed by atoms with E-state index in [1.165, 1.54) is 0 Å². The van der Waals surface area contributed by atoms with Crippen molar-refractivity contribution in [3.63, 3.8) is 0 Å². The maximum absolute atomic E-state index is 6.44. The number of rotatable bonds is 7. The van der Waals surface area contributed by atoms with Crippen molar-refractivity contribution in [2.24, 2.45) is 0 Å². The Bertz CT molecular complexity index is 931. The van der Waals surface area contributed by atoms with Crippen LogP contribution in [0.15, 0.2) is 60.7 Å². The molecule has 0 aliphatic carbocycles. The number of methoxy groups -OCH3 is 1. The Labute approximate surface area is 173 Å². The summed E-state index contributed by atoms with van der Waals surface area (Å²) < 4.78 is 11.3. The van der Waals surface area contributed by atoms with E-state index in [1.54, 1.807) is 7.11 Å². The van der Waals surface area contributed by atoms with E-state index in [0.29, 0.717) is 39.7 Å². The van der Waals surface area contributed by atoms with Gasteiger partial charge in [0.05, 0.1) is 22.8 Å². The Hall–Kier alpha value is -2.07. The number of hydrogen-bond donors (Lipinski definition) is 1. The average molecular weight is 423 g/mol. The van der Waals surface area contributed by atoms with Gasteiger partial charge in [-0.15, -0.1) is 0 Å². The third-order valence-corrected chi connectivity index (χ3v) is 4.95. The van der Waals surface area contributed by atoms with E-state index in [4.69, 9.17) is 44.3 Å². The summed E-state index contributed by atoms with van der Waals surface area (Å²) >= 11 is 18.8. The lowest BCUT2D eigenvalue weighted by molar-refractivity contribution is 0.284. The van der Waals surface area contributed by atoms with Crippen LogP contribution in [0.2, 0.25) is 15.1 Å². The van der Waals surface area contributed by atoms with Crippen LogP contribution in [0, 0.1) is 0 Å². The van der Waals surface area contributed by atoms with Gasteiger partial charge in [-0.05, 0) is 35.9 Å². The van der Waals surface area contributed by atoms with E-state index in [-0.39, 0.29) is 0 Å². The maximum Gasteiger partial charge on any atom is 0.180 e. The molecule has 0 radical (unpaired) electrons. The molecule has 1 N–H and O–H groups in total. The highest BCUT2D eigenvalue weighted by Gasteiger charge is 2.13. The predicted molar refractivity (Wildman–Crippen MR) is 113 cm³/mol. The second-order valence-electron chi connectivity index (χ2n) is 5.82. The van der Waals surface area contributed by atoms with Gasteiger partial charge in [0.15, 0.2) is 11.5 Å². The van der Waals surface area contributed by atoms with Crippen LogP contribution < -0.4 is 14.8 Å². The van der Waals surface area contributed by atoms with E-state index in [2.05, 4.69) is 5.32 Å². The molecule has 0 saturated heterocycles. The van der Waals surface area contributed by atoms with Crippen molar-refractivity contribution in [2.45, 2.75) is 13.2 Å². The van der Waals surface area contributed by atoms with Gasteiger partial charge in [0.2, 0.25) is 0 Å². The van der Waals surface area contributed by atoms with Gasteiger partial charge in [0.25, 0.3) is 0 Å². The molecule has 0 heterocycles. The van der Waals surface area contributed by atoms with E-state index in [1.807, 2.05) is 60.7 Å². The molecule has 0 aliphatic heterocycles. The van der Waals surface area contributed by atoms with Crippen LogP contribution in [0.4, 0.5) is 5.69 Å². The molecule has 0 aliphatic rings. The molecule has 140 valence electrons. The minimum absolute atomic E-state index is 0.299. The van der Waals surface area contributed by atoms with Crippen molar-refractivity contribution in [3.05, 3.63) is 86.9 Å². The SMILES string of the molecule is COc1cc(CNc2ccccc2Cl)cc(Cl)c1OCc1ccccc1Cl. The largest absolute Gasteiger partial charge is 0.493 e. The predicted octanol–water partition coefficient (Wildman–Crippen LogP) is 6.85. The summed E-state index contributed by atoms with van der Waals surface area (Å²) in [6.07, 6.45) is 0. The number of ether oxygens (including phenoxy) is 2. The quantitative estimate of drug-likeness (QED) is 0.452. The van der Waals surface area contributed by atoms with Gasteiger partial charge in [0, 0.05) is 17.1 Å². The fraction of sp³-hybridized carbons (Fsp3) is 0.143. The first-order valence-electron chi connectivity index (χ1n) is 8.29. The Kier molecular flexibility index (Phi) is 6.73. The zero-order chi connectivity index (χ0) is 19.2. The van der Waals surface area contributed by atoms with E-state index >= 15 is 0 Å². The second-order valence-corrected chi connectivity index (χ2v) is 7.04. The van der Waals surface area contributed by atoms with Crippen molar-refractivity contribution >= 4 is 40.5 Å². The molecule has 27 heavy (non-hydrogen) atoms. The molecule has 0 spiro atoms. The van der Waals surface area contributed by atoms with Crippen LogP contribution in [0.25, 0.3) is 0 Å². The normalized spacial score (nSPS) is 10.5. The van der Waals surface area contributed by atoms with Crippen LogP contribution in [-0.2, 0) is 13.2 Å². The highest BCUT2D eigenvalue weighted by Crippen LogP contribution is 2.37. The van der Waals surface area contributed by atoms with Gasteiger partial charge in [-0.2, -0.15) is 0 Å². The minimum atomic E-state index is 0.299. The second kappa shape index (κ2) is 9.23. The van der Waals surface area contributed by atoms with Crippen molar-refractivity contribution in [2.75, 3.05) is 12.4 Å². The molecule has 0 saturated carbocycles. The molecule has 0 aromatic heterocycles. The van der Waals surface area contributed by atoms with Crippen molar-refractivity contribution in [3.8, 4) is 11.5 Å². The molecule has 0 amide bonds. The van der Waals surface area contributed by atoms with Crippen molar-refractivity contribution in [1.82, 2.24) is 0 Å². The molecular formula is C21H18Cl3NO2. The summed E-state index contributed by atoms with van der Waals surface area (Å²) in [7, 11) is 1.58. The Morgan fingerprint density at radius 2 is 1.56 bits per heavy atom. The highest BCUT2D eigenvalue weighted by molar-refractivity contribution is 6.33. The van der Waals surface area contributed by atoms with Gasteiger partial charge in [-0.3, -0.25) is 0 Å². The first-order valence-corrected chi connectivity index (χ1v) is 9.43. The lowest BCUT2D eigenvalue weighted by atomic mass is 10.2. The molecule has 3 aromatic rings. The molecule has 0 unspecified atom stereocenters. The lowest BCUT2D eigenvalue weighted by Gasteiger charge is -2.15. The maximum atomic E-state index is 6.44. The summed E-state index contributed by atoms with van der Waals surface area (Å²) in [5.41, 5.74) is 2.68. The number of benzene rings is 3. The molecule has 3 rings (SSSR count). The highest BCUT2D eigenvalue weighted by atomic mass is 35.5. The zero-order valence-corrected chi connectivity index (χ0v) is 16.9. The first kappa shape index (κ1) is 19.7. The molecule has 3 nitrogen and oxygen atoms in total. The minimum Gasteiger partial charge on any atom is -0.493 e. The Morgan fingerprint density at radius 3 is 2.26 bits per heavy atom. The third-order valence-electron chi connectivity index (χ3n) is 3.98. The van der Waals surface area contributed by atoms with Gasteiger partial charge in [-0.1, -0.05) is 65.1 Å². The number of halogens is 3. The standard InChI is InChI=1S/C21H18Cl3NO2/c1-26-20-11-14(12-25-19-9-5-4-8-17(19)23)10-18(24)21(20)27-13-15-6-2-3-7-16(15)22/h2-11,25H,12-13H2,1H3. The fourth-order valence-corrected chi connectivity index (χ4v) is 3.26. The molecular weight excluding hydrogens is 405 g/mol. The van der Waals surface area contributed by atoms with Crippen LogP contribution in [0.5, 0.6) is 11.5 Å². The number of para-hydroxylation sites is 1. The van der Waals surface area contributed by atoms with Gasteiger partial charge in [0.1, 0.15) is 6.61 Å². The van der Waals surface area contributed by atoms with Crippen molar-refractivity contribution < 1.29 is 9.47 Å². The Balaban J connectivity index is 1.75. The summed E-state index contributed by atoms with van der Waals surface area (Å²) in [5, 5.41) is 5.07. The van der Waals surface area contributed by atoms with E-state index in [9.17, 15) is 0 Å². The lowest BCUT2D eigenvalue weighted by Crippen LogP contribution is -2.03. The summed E-state index contributed by atoms with van der Waals surface area (Å²) in [5.74, 6) is 1.05. The molecule has 0 fully saturated rings. The van der Waals surface area contributed by atoms with Gasteiger partial charge in [-0.25, -0.2) is 0 Å². The van der Waals surface area contributed by atoms with Crippen LogP contribution in [-0.4, -0.2) is 7.11 Å². The zero-order valence-electron chi connectivity index (χ0n) is 14.6. The molecule has 0 atom stereocenters.